The number of benzene rings is 2. The van der Waals surface area contributed by atoms with E-state index in [1.807, 2.05) is 24.3 Å². The fourth-order valence-electron chi connectivity index (χ4n) is 1.68. The van der Waals surface area contributed by atoms with Gasteiger partial charge in [-0.05, 0) is 23.8 Å². The number of carbonyl (C=O) groups is 1. The minimum absolute atomic E-state index is 0.0906. The lowest BCUT2D eigenvalue weighted by atomic mass is 10.2. The normalized spacial score (nSPS) is 12.1. The van der Waals surface area contributed by atoms with Gasteiger partial charge >= 0.3 is 5.97 Å². The van der Waals surface area contributed by atoms with E-state index in [9.17, 15) is 9.00 Å². The van der Waals surface area contributed by atoms with Crippen LogP contribution in [0.1, 0.15) is 15.9 Å². The van der Waals surface area contributed by atoms with Gasteiger partial charge in [-0.25, -0.2) is 4.79 Å². The van der Waals surface area contributed by atoms with Crippen LogP contribution >= 0.6 is 15.9 Å². The largest absolute Gasteiger partial charge is 0.478 e. The highest BCUT2D eigenvalue weighted by Gasteiger charge is 2.15. The molecule has 1 N–H and O–H groups in total. The average Bonchev–Trinajstić information content (AvgIpc) is 2.41. The summed E-state index contributed by atoms with van der Waals surface area (Å²) in [6, 6.07) is 13.9. The summed E-state index contributed by atoms with van der Waals surface area (Å²) in [5.41, 5.74) is 0.980. The molecule has 0 heterocycles. The Kier molecular flexibility index (Phi) is 4.50. The summed E-state index contributed by atoms with van der Waals surface area (Å²) in [4.78, 5) is 11.5. The number of carboxylic acid groups (broad SMARTS) is 1. The smallest absolute Gasteiger partial charge is 0.336 e. The molecule has 2 aromatic carbocycles. The summed E-state index contributed by atoms with van der Waals surface area (Å²) in [5.74, 6) is -0.776. The fraction of sp³-hybridized carbons (Fsp3) is 0.0714. The van der Waals surface area contributed by atoms with Gasteiger partial charge in [0.2, 0.25) is 0 Å². The summed E-state index contributed by atoms with van der Waals surface area (Å²) in [6.45, 7) is 0. The van der Waals surface area contributed by atoms with Crippen LogP contribution in [-0.2, 0) is 16.6 Å². The van der Waals surface area contributed by atoms with Gasteiger partial charge in [0.25, 0.3) is 0 Å². The zero-order valence-corrected chi connectivity index (χ0v) is 12.3. The number of rotatable bonds is 4. The number of hydrogen-bond donors (Lipinski definition) is 1. The lowest BCUT2D eigenvalue weighted by molar-refractivity contribution is 0.0693. The standard InChI is InChI=1S/C14H11BrO3S/c15-12-7-3-1-5-10(12)9-19(18)13-8-4-2-6-11(13)14(16)17/h1-8H,9H2,(H,16,17). The highest BCUT2D eigenvalue weighted by Crippen LogP contribution is 2.22. The maximum absolute atomic E-state index is 12.3. The molecule has 3 nitrogen and oxygen atoms in total. The van der Waals surface area contributed by atoms with Crippen molar-refractivity contribution in [2.45, 2.75) is 10.6 Å². The monoisotopic (exact) mass is 338 g/mol. The Hall–Kier alpha value is -1.46. The van der Waals surface area contributed by atoms with Crippen molar-refractivity contribution in [3.05, 3.63) is 64.1 Å². The Morgan fingerprint density at radius 3 is 2.42 bits per heavy atom. The molecule has 0 saturated heterocycles. The van der Waals surface area contributed by atoms with Crippen molar-refractivity contribution in [3.63, 3.8) is 0 Å². The molecule has 2 rings (SSSR count). The fourth-order valence-corrected chi connectivity index (χ4v) is 3.61. The first-order valence-electron chi connectivity index (χ1n) is 5.53. The highest BCUT2D eigenvalue weighted by atomic mass is 79.9. The summed E-state index contributed by atoms with van der Waals surface area (Å²) in [7, 11) is -1.39. The lowest BCUT2D eigenvalue weighted by Gasteiger charge is -2.07. The zero-order chi connectivity index (χ0) is 13.8. The van der Waals surface area contributed by atoms with E-state index in [1.54, 1.807) is 18.2 Å². The second kappa shape index (κ2) is 6.12. The van der Waals surface area contributed by atoms with Gasteiger partial charge in [0, 0.05) is 4.47 Å². The van der Waals surface area contributed by atoms with Crippen LogP contribution in [0.3, 0.4) is 0 Å². The third-order valence-electron chi connectivity index (χ3n) is 2.61. The highest BCUT2D eigenvalue weighted by molar-refractivity contribution is 9.10. The molecule has 0 bridgehead atoms. The average molecular weight is 339 g/mol. The van der Waals surface area contributed by atoms with E-state index in [4.69, 9.17) is 5.11 Å². The Morgan fingerprint density at radius 1 is 1.11 bits per heavy atom. The van der Waals surface area contributed by atoms with Gasteiger partial charge in [-0.2, -0.15) is 0 Å². The van der Waals surface area contributed by atoms with Crippen LogP contribution in [0.5, 0.6) is 0 Å². The van der Waals surface area contributed by atoms with Gasteiger partial charge in [-0.3, -0.25) is 4.21 Å². The van der Waals surface area contributed by atoms with Crippen molar-refractivity contribution >= 4 is 32.7 Å². The zero-order valence-electron chi connectivity index (χ0n) is 9.88. The number of halogens is 1. The molecule has 0 aliphatic carbocycles. The summed E-state index contributed by atoms with van der Waals surface area (Å²) >= 11 is 3.39. The Bertz CT molecular complexity index is 640. The number of hydrogen-bond acceptors (Lipinski definition) is 2. The van der Waals surface area contributed by atoms with E-state index >= 15 is 0 Å². The first kappa shape index (κ1) is 14.0. The maximum Gasteiger partial charge on any atom is 0.336 e. The molecule has 98 valence electrons. The van der Waals surface area contributed by atoms with E-state index in [-0.39, 0.29) is 11.3 Å². The van der Waals surface area contributed by atoms with Crippen molar-refractivity contribution in [1.29, 1.82) is 0 Å². The third-order valence-corrected chi connectivity index (χ3v) is 4.80. The second-order valence-electron chi connectivity index (χ2n) is 3.88. The Morgan fingerprint density at radius 2 is 1.74 bits per heavy atom. The molecule has 0 fully saturated rings. The van der Waals surface area contributed by atoms with Gasteiger partial charge in [-0.1, -0.05) is 46.3 Å². The first-order valence-corrected chi connectivity index (χ1v) is 7.65. The molecule has 0 radical (unpaired) electrons. The molecule has 5 heteroatoms. The minimum atomic E-state index is -1.39. The quantitative estimate of drug-likeness (QED) is 0.928. The van der Waals surface area contributed by atoms with E-state index in [1.165, 1.54) is 6.07 Å². The minimum Gasteiger partial charge on any atom is -0.478 e. The van der Waals surface area contributed by atoms with E-state index in [0.29, 0.717) is 4.90 Å². The van der Waals surface area contributed by atoms with Gasteiger partial charge < -0.3 is 5.11 Å². The Labute approximate surface area is 121 Å². The first-order chi connectivity index (χ1) is 9.09. The van der Waals surface area contributed by atoms with Gasteiger partial charge in [0.15, 0.2) is 0 Å². The third kappa shape index (κ3) is 3.30. The molecule has 1 atom stereocenters. The Balaban J connectivity index is 2.31. The molecule has 0 aromatic heterocycles. The van der Waals surface area contributed by atoms with Gasteiger partial charge in [0.1, 0.15) is 0 Å². The van der Waals surface area contributed by atoms with Crippen molar-refractivity contribution in [2.24, 2.45) is 0 Å². The molecule has 1 unspecified atom stereocenters. The molecule has 0 aliphatic heterocycles. The molecule has 2 aromatic rings. The van der Waals surface area contributed by atoms with Crippen molar-refractivity contribution in [1.82, 2.24) is 0 Å². The van der Waals surface area contributed by atoms with Crippen LogP contribution in [0.4, 0.5) is 0 Å². The number of aromatic carboxylic acids is 1. The molecule has 0 saturated carbocycles. The van der Waals surface area contributed by atoms with Crippen LogP contribution in [0, 0.1) is 0 Å². The summed E-state index contributed by atoms with van der Waals surface area (Å²) in [6.07, 6.45) is 0. The molecule has 0 amide bonds. The van der Waals surface area contributed by atoms with Crippen molar-refractivity contribution < 1.29 is 14.1 Å². The predicted molar refractivity (Wildman–Crippen MR) is 77.7 cm³/mol. The number of carboxylic acids is 1. The van der Waals surface area contributed by atoms with Gasteiger partial charge in [-0.15, -0.1) is 0 Å². The van der Waals surface area contributed by atoms with E-state index in [0.717, 1.165) is 10.0 Å². The van der Waals surface area contributed by atoms with E-state index in [2.05, 4.69) is 15.9 Å². The molecule has 0 spiro atoms. The predicted octanol–water partition coefficient (Wildman–Crippen LogP) is 3.46. The maximum atomic E-state index is 12.3. The summed E-state index contributed by atoms with van der Waals surface area (Å²) in [5, 5.41) is 9.09. The molecular weight excluding hydrogens is 328 g/mol. The van der Waals surface area contributed by atoms with E-state index < -0.39 is 16.8 Å². The lowest BCUT2D eigenvalue weighted by Crippen LogP contribution is -2.06. The topological polar surface area (TPSA) is 54.4 Å². The van der Waals surface area contributed by atoms with Crippen LogP contribution in [0.15, 0.2) is 57.9 Å². The van der Waals surface area contributed by atoms with Gasteiger partial charge in [0.05, 0.1) is 27.0 Å². The van der Waals surface area contributed by atoms with Crippen LogP contribution in [0.25, 0.3) is 0 Å². The molecule has 19 heavy (non-hydrogen) atoms. The SMILES string of the molecule is O=C(O)c1ccccc1S(=O)Cc1ccccc1Br. The van der Waals surface area contributed by atoms with Crippen LogP contribution < -0.4 is 0 Å². The molecule has 0 aliphatic rings. The molecular formula is C14H11BrO3S. The summed E-state index contributed by atoms with van der Waals surface area (Å²) < 4.78 is 13.2. The van der Waals surface area contributed by atoms with Crippen LogP contribution in [0.2, 0.25) is 0 Å². The second-order valence-corrected chi connectivity index (χ2v) is 6.16. The van der Waals surface area contributed by atoms with Crippen molar-refractivity contribution in [3.8, 4) is 0 Å². The van der Waals surface area contributed by atoms with Crippen molar-refractivity contribution in [2.75, 3.05) is 0 Å². The van der Waals surface area contributed by atoms with Crippen LogP contribution in [-0.4, -0.2) is 15.3 Å².